The minimum absolute atomic E-state index is 0.0697. The second kappa shape index (κ2) is 12.5. The molecule has 0 bridgehead atoms. The number of benzene rings is 2. The Bertz CT molecular complexity index is 1190. The van der Waals surface area contributed by atoms with E-state index in [0.29, 0.717) is 32.0 Å². The van der Waals surface area contributed by atoms with Crippen LogP contribution in [0.1, 0.15) is 37.9 Å². The predicted octanol–water partition coefficient (Wildman–Crippen LogP) is 3.67. The molecule has 2 N–H and O–H groups in total. The maximum absolute atomic E-state index is 9.16. The minimum Gasteiger partial charge on any atom is -0.463 e. The zero-order valence-electron chi connectivity index (χ0n) is 21.3. The van der Waals surface area contributed by atoms with Gasteiger partial charge in [0.1, 0.15) is 5.82 Å². The highest BCUT2D eigenvalue weighted by atomic mass is 16.5. The van der Waals surface area contributed by atoms with Crippen molar-refractivity contribution < 1.29 is 9.84 Å². The quantitative estimate of drug-likeness (QED) is 0.486. The fourth-order valence-electron chi connectivity index (χ4n) is 4.90. The summed E-state index contributed by atoms with van der Waals surface area (Å²) in [4.78, 5) is 14.3. The van der Waals surface area contributed by atoms with E-state index in [4.69, 9.17) is 25.1 Å². The van der Waals surface area contributed by atoms with Gasteiger partial charge in [0, 0.05) is 61.9 Å². The lowest BCUT2D eigenvalue weighted by Crippen LogP contribution is -2.51. The second-order valence-corrected chi connectivity index (χ2v) is 8.81. The Labute approximate surface area is 213 Å². The summed E-state index contributed by atoms with van der Waals surface area (Å²) in [5.41, 5.74) is 3.37. The van der Waals surface area contributed by atoms with Crippen LogP contribution in [0.4, 0.5) is 11.5 Å². The Morgan fingerprint density at radius 2 is 1.94 bits per heavy atom. The van der Waals surface area contributed by atoms with Crippen LogP contribution in [0.2, 0.25) is 0 Å². The molecule has 36 heavy (non-hydrogen) atoms. The number of ether oxygens (including phenoxy) is 1. The molecule has 3 aromatic rings. The number of aliphatic hydroxyl groups excluding tert-OH is 1. The zero-order chi connectivity index (χ0) is 25.3. The number of hydrogen-bond donors (Lipinski definition) is 2. The van der Waals surface area contributed by atoms with Gasteiger partial charge < -0.3 is 25.0 Å². The molecule has 190 valence electrons. The number of nitrogens with one attached hydrogen (secondary N) is 1. The Balaban J connectivity index is 0.00000148. The van der Waals surface area contributed by atoms with Gasteiger partial charge in [0.2, 0.25) is 0 Å². The van der Waals surface area contributed by atoms with Gasteiger partial charge in [-0.3, -0.25) is 0 Å². The van der Waals surface area contributed by atoms with Crippen LogP contribution in [0, 0.1) is 11.3 Å². The molecule has 5 rings (SSSR count). The maximum atomic E-state index is 9.16. The van der Waals surface area contributed by atoms with Crippen LogP contribution >= 0.6 is 0 Å². The van der Waals surface area contributed by atoms with Crippen LogP contribution in [-0.2, 0) is 13.0 Å². The van der Waals surface area contributed by atoms with Gasteiger partial charge in [0.15, 0.2) is 0 Å². The molecular weight excluding hydrogens is 452 g/mol. The number of hydrogen-bond acceptors (Lipinski definition) is 8. The third kappa shape index (κ3) is 5.69. The van der Waals surface area contributed by atoms with E-state index in [-0.39, 0.29) is 12.6 Å². The topological polar surface area (TPSA) is 97.5 Å². The number of aliphatic hydroxyl groups is 1. The highest BCUT2D eigenvalue weighted by Gasteiger charge is 2.29. The summed E-state index contributed by atoms with van der Waals surface area (Å²) >= 11 is 0. The monoisotopic (exact) mass is 488 g/mol. The molecule has 1 aromatic heterocycles. The Morgan fingerprint density at radius 3 is 2.78 bits per heavy atom. The number of nitriles is 1. The lowest BCUT2D eigenvalue weighted by Gasteiger charge is -2.37. The molecule has 0 amide bonds. The fourth-order valence-corrected chi connectivity index (χ4v) is 4.90. The van der Waals surface area contributed by atoms with Crippen LogP contribution in [0.15, 0.2) is 42.5 Å². The first-order valence-electron chi connectivity index (χ1n) is 13.0. The molecule has 2 aromatic carbocycles. The van der Waals surface area contributed by atoms with Gasteiger partial charge in [-0.05, 0) is 17.9 Å². The summed E-state index contributed by atoms with van der Waals surface area (Å²) in [7, 11) is 0. The third-order valence-electron chi connectivity index (χ3n) is 6.56. The summed E-state index contributed by atoms with van der Waals surface area (Å²) in [6, 6.07) is 17.7. The van der Waals surface area contributed by atoms with Crippen molar-refractivity contribution in [2.45, 2.75) is 45.7 Å². The standard InChI is InChI=1S/C26H30N6O2.C2H6/c27-11-9-20-17-32(14-12-28-20)25-22-10-13-31(18-23(22)29-26(30-25)34-16-4-15-33)24-8-3-6-19-5-1-2-7-21(19)24;1-2/h1-3,5-8,20,28,33H,4,9-10,12-18H2;1-2H3. The van der Waals surface area contributed by atoms with Crippen molar-refractivity contribution in [2.75, 3.05) is 49.2 Å². The first kappa shape index (κ1) is 25.7. The molecule has 1 unspecified atom stereocenters. The van der Waals surface area contributed by atoms with Crippen molar-refractivity contribution in [1.29, 1.82) is 5.26 Å². The van der Waals surface area contributed by atoms with Gasteiger partial charge in [0.05, 0.1) is 31.3 Å². The van der Waals surface area contributed by atoms with Gasteiger partial charge in [-0.25, -0.2) is 0 Å². The summed E-state index contributed by atoms with van der Waals surface area (Å²) in [6.07, 6.45) is 1.85. The molecule has 0 spiro atoms. The zero-order valence-corrected chi connectivity index (χ0v) is 21.3. The maximum Gasteiger partial charge on any atom is 0.318 e. The largest absolute Gasteiger partial charge is 0.463 e. The summed E-state index contributed by atoms with van der Waals surface area (Å²) in [5.74, 6) is 0.922. The predicted molar refractivity (Wildman–Crippen MR) is 144 cm³/mol. The number of piperazine rings is 1. The Kier molecular flexibility index (Phi) is 8.93. The average Bonchev–Trinajstić information content (AvgIpc) is 2.93. The van der Waals surface area contributed by atoms with Crippen LogP contribution in [0.3, 0.4) is 0 Å². The Hall–Kier alpha value is -3.41. The Morgan fingerprint density at radius 1 is 1.11 bits per heavy atom. The number of aromatic nitrogens is 2. The smallest absolute Gasteiger partial charge is 0.318 e. The van der Waals surface area contributed by atoms with Gasteiger partial charge >= 0.3 is 6.01 Å². The normalized spacial score (nSPS) is 17.1. The highest BCUT2D eigenvalue weighted by molar-refractivity contribution is 5.94. The van der Waals surface area contributed by atoms with Crippen molar-refractivity contribution in [1.82, 2.24) is 15.3 Å². The summed E-state index contributed by atoms with van der Waals surface area (Å²) in [5, 5.41) is 24.2. The van der Waals surface area contributed by atoms with E-state index in [1.807, 2.05) is 13.8 Å². The van der Waals surface area contributed by atoms with E-state index in [1.54, 1.807) is 0 Å². The minimum atomic E-state index is 0.0697. The van der Waals surface area contributed by atoms with E-state index in [2.05, 4.69) is 63.7 Å². The number of fused-ring (bicyclic) bond motifs is 2. The molecule has 1 atom stereocenters. The molecule has 8 nitrogen and oxygen atoms in total. The van der Waals surface area contributed by atoms with E-state index < -0.39 is 0 Å². The van der Waals surface area contributed by atoms with Gasteiger partial charge in [0.25, 0.3) is 0 Å². The van der Waals surface area contributed by atoms with Crippen molar-refractivity contribution in [3.05, 3.63) is 53.7 Å². The molecule has 3 heterocycles. The van der Waals surface area contributed by atoms with Gasteiger partial charge in [-0.2, -0.15) is 15.2 Å². The lowest BCUT2D eigenvalue weighted by atomic mass is 10.0. The molecule has 0 aliphatic carbocycles. The molecule has 0 saturated carbocycles. The fraction of sp³-hybridized carbons (Fsp3) is 0.464. The molecule has 2 aliphatic rings. The molecule has 2 aliphatic heterocycles. The molecular formula is C28H36N6O2. The van der Waals surface area contributed by atoms with Gasteiger partial charge in [-0.15, -0.1) is 0 Å². The number of rotatable bonds is 7. The van der Waals surface area contributed by atoms with Crippen molar-refractivity contribution in [3.63, 3.8) is 0 Å². The second-order valence-electron chi connectivity index (χ2n) is 8.81. The molecule has 8 heteroatoms. The first-order valence-corrected chi connectivity index (χ1v) is 13.0. The SMILES string of the molecule is CC.N#CCC1CN(c2nc(OCCCO)nc3c2CCN(c2cccc4ccccc24)C3)CCN1. The van der Waals surface area contributed by atoms with Crippen molar-refractivity contribution in [2.24, 2.45) is 0 Å². The van der Waals surface area contributed by atoms with E-state index in [0.717, 1.165) is 44.1 Å². The van der Waals surface area contributed by atoms with E-state index in [9.17, 15) is 0 Å². The molecule has 1 fully saturated rings. The number of anilines is 2. The summed E-state index contributed by atoms with van der Waals surface area (Å²) < 4.78 is 5.83. The lowest BCUT2D eigenvalue weighted by molar-refractivity contribution is 0.223. The number of nitrogens with zero attached hydrogens (tertiary/aromatic N) is 5. The van der Waals surface area contributed by atoms with Crippen molar-refractivity contribution >= 4 is 22.3 Å². The van der Waals surface area contributed by atoms with E-state index in [1.165, 1.54) is 22.0 Å². The van der Waals surface area contributed by atoms with Gasteiger partial charge in [-0.1, -0.05) is 50.2 Å². The molecule has 0 radical (unpaired) electrons. The summed E-state index contributed by atoms with van der Waals surface area (Å²) in [6.45, 7) is 8.39. The van der Waals surface area contributed by atoms with Crippen molar-refractivity contribution in [3.8, 4) is 12.1 Å². The first-order chi connectivity index (χ1) is 17.8. The van der Waals surface area contributed by atoms with Crippen LogP contribution in [-0.4, -0.2) is 60.5 Å². The molecule has 1 saturated heterocycles. The van der Waals surface area contributed by atoms with Crippen LogP contribution in [0.5, 0.6) is 6.01 Å². The third-order valence-corrected chi connectivity index (χ3v) is 6.56. The van der Waals surface area contributed by atoms with Crippen LogP contribution in [0.25, 0.3) is 10.8 Å². The van der Waals surface area contributed by atoms with Crippen LogP contribution < -0.4 is 19.9 Å². The van der Waals surface area contributed by atoms with E-state index >= 15 is 0 Å². The average molecular weight is 489 g/mol. The highest BCUT2D eigenvalue weighted by Crippen LogP contribution is 2.34.